The van der Waals surface area contributed by atoms with Crippen LogP contribution in [0.5, 0.6) is 23.0 Å². The number of carbonyl (C=O) groups excluding carboxylic acids is 4. The van der Waals surface area contributed by atoms with Gasteiger partial charge in [0.15, 0.2) is 0 Å². The fourth-order valence-corrected chi connectivity index (χ4v) is 12.6. The average Bonchev–Trinajstić information content (AvgIpc) is 0.819. The smallest absolute Gasteiger partial charge is 0.306 e. The molecular weight excluding hydrogens is 1260 g/mol. The molecule has 0 aliphatic heterocycles. The van der Waals surface area contributed by atoms with E-state index in [1.54, 1.807) is 0 Å². The molecule has 4 atom stereocenters. The van der Waals surface area contributed by atoms with Crippen LogP contribution in [0.4, 0.5) is 0 Å². The first-order valence-electron chi connectivity index (χ1n) is 38.1. The number of phenols is 4. The predicted molar refractivity (Wildman–Crippen MR) is 415 cm³/mol. The average molecular weight is 1400 g/mol. The van der Waals surface area contributed by atoms with E-state index in [-0.39, 0.29) is 70.3 Å². The molecule has 4 unspecified atom stereocenters. The number of rotatable bonds is 32. The molecule has 568 valence electrons. The zero-order chi connectivity index (χ0) is 77.0. The first-order chi connectivity index (χ1) is 46.0. The summed E-state index contributed by atoms with van der Waals surface area (Å²) in [5, 5.41) is 45.7. The van der Waals surface area contributed by atoms with E-state index in [1.807, 2.05) is 132 Å². The van der Waals surface area contributed by atoms with E-state index in [0.29, 0.717) is 75.0 Å². The molecule has 0 aliphatic carbocycles. The Balaban J connectivity index is 1.85. The third kappa shape index (κ3) is 27.5. The second-order valence-corrected chi connectivity index (χ2v) is 38.9. The summed E-state index contributed by atoms with van der Waals surface area (Å²) >= 11 is 0. The number of phenolic OH excluding ortho intramolecular Hbond substituents is 4. The summed E-state index contributed by atoms with van der Waals surface area (Å²) in [6.07, 6.45) is 7.25. The van der Waals surface area contributed by atoms with E-state index in [4.69, 9.17) is 18.9 Å². The maximum absolute atomic E-state index is 14.6. The minimum atomic E-state index is -1.60. The largest absolute Gasteiger partial charge is 0.508 e. The minimum absolute atomic E-state index is 0.0498. The van der Waals surface area contributed by atoms with E-state index in [1.165, 1.54) is 0 Å². The van der Waals surface area contributed by atoms with Crippen LogP contribution in [-0.4, -0.2) is 70.7 Å². The van der Waals surface area contributed by atoms with Crippen LogP contribution in [0, 0.1) is 50.7 Å². The normalized spacial score (nSPS) is 14.8. The molecule has 4 N–H and O–H groups in total. The molecule has 101 heavy (non-hydrogen) atoms. The molecule has 0 spiro atoms. The van der Waals surface area contributed by atoms with Gasteiger partial charge >= 0.3 is 23.9 Å². The fraction of sp³-hybridized carbons (Fsp3) is 0.685. The summed E-state index contributed by atoms with van der Waals surface area (Å²) in [6.45, 7) is 58.3. The highest BCUT2D eigenvalue weighted by Crippen LogP contribution is 2.42. The number of ether oxygens (including phenoxy) is 4. The quantitative estimate of drug-likeness (QED) is 0.0268. The topological polar surface area (TPSA) is 186 Å². The third-order valence-electron chi connectivity index (χ3n) is 22.4. The van der Waals surface area contributed by atoms with Crippen molar-refractivity contribution in [2.24, 2.45) is 50.7 Å². The third-order valence-corrected chi connectivity index (χ3v) is 22.4. The second-order valence-electron chi connectivity index (χ2n) is 38.9. The monoisotopic (exact) mass is 1400 g/mol. The van der Waals surface area contributed by atoms with Gasteiger partial charge in [-0.1, -0.05) is 218 Å². The lowest BCUT2D eigenvalue weighted by atomic mass is 9.78. The van der Waals surface area contributed by atoms with Gasteiger partial charge in [-0.2, -0.15) is 0 Å². The van der Waals surface area contributed by atoms with Crippen LogP contribution in [0.25, 0.3) is 0 Å². The molecule has 0 aliphatic rings. The standard InChI is InChI=1S/C89H140O12/c1-57(81(5,6)7)29-33-65-49-73(90)69(85(17,18)19)45-61(65)37-41-77(94)98-53-89(54-99-78(95)42-38-62-46-70(86(20,21)22)74(91)50-66(62)34-30-58(2)82(8,9)10,55-100-79(96)43-39-63-47-71(87(23,24)25)75(92)51-67(63)35-31-59(3)83(11,12)13)56-101-80(97)44-40-64-48-72(88(26,27)28)76(93)52-68(64)36-32-60(4)84(14,15)16/h45-52,57-60,90-93H,29-44,53-56H2,1-28H3. The molecule has 4 rings (SSSR count). The second kappa shape index (κ2) is 35.2. The summed E-state index contributed by atoms with van der Waals surface area (Å²) in [5.41, 5.74) is 7.64. The van der Waals surface area contributed by atoms with Gasteiger partial charge in [-0.05, 0) is 235 Å². The molecule has 0 saturated heterocycles. The van der Waals surface area contributed by atoms with Gasteiger partial charge in [0.2, 0.25) is 0 Å². The van der Waals surface area contributed by atoms with Gasteiger partial charge in [0.1, 0.15) is 54.8 Å². The van der Waals surface area contributed by atoms with Crippen LogP contribution >= 0.6 is 0 Å². The van der Waals surface area contributed by atoms with Crippen LogP contribution in [0.15, 0.2) is 48.5 Å². The molecule has 0 bridgehead atoms. The Bertz CT molecular complexity index is 2950. The van der Waals surface area contributed by atoms with Gasteiger partial charge in [0.05, 0.1) is 0 Å². The molecular formula is C89H140O12. The molecule has 0 aromatic heterocycles. The summed E-state index contributed by atoms with van der Waals surface area (Å²) in [6, 6.07) is 15.4. The number of aryl methyl sites for hydroxylation is 8. The van der Waals surface area contributed by atoms with Gasteiger partial charge in [-0.25, -0.2) is 0 Å². The molecule has 0 saturated carbocycles. The van der Waals surface area contributed by atoms with Crippen LogP contribution in [-0.2, 0) is 111 Å². The zero-order valence-corrected chi connectivity index (χ0v) is 68.6. The van der Waals surface area contributed by atoms with Crippen molar-refractivity contribution in [2.75, 3.05) is 26.4 Å². The van der Waals surface area contributed by atoms with Crippen molar-refractivity contribution in [1.82, 2.24) is 0 Å². The minimum Gasteiger partial charge on any atom is -0.508 e. The number of aromatic hydroxyl groups is 4. The number of benzene rings is 4. The van der Waals surface area contributed by atoms with Gasteiger partial charge in [0.25, 0.3) is 0 Å². The van der Waals surface area contributed by atoms with Crippen LogP contribution in [0.3, 0.4) is 0 Å². The molecule has 4 aromatic carbocycles. The van der Waals surface area contributed by atoms with Gasteiger partial charge in [0, 0.05) is 25.7 Å². The summed E-state index contributed by atoms with van der Waals surface area (Å²) in [7, 11) is 0. The van der Waals surface area contributed by atoms with E-state index in [9.17, 15) is 39.6 Å². The summed E-state index contributed by atoms with van der Waals surface area (Å²) in [5.74, 6) is 0.0292. The predicted octanol–water partition coefficient (Wildman–Crippen LogP) is 21.1. The lowest BCUT2D eigenvalue weighted by Gasteiger charge is -2.32. The summed E-state index contributed by atoms with van der Waals surface area (Å²) < 4.78 is 25.2. The molecule has 0 radical (unpaired) electrons. The Morgan fingerprint density at radius 1 is 0.277 bits per heavy atom. The van der Waals surface area contributed by atoms with Crippen molar-refractivity contribution in [2.45, 2.75) is 318 Å². The first kappa shape index (κ1) is 87.4. The van der Waals surface area contributed by atoms with Crippen LogP contribution in [0.1, 0.15) is 312 Å². The number of hydrogen-bond acceptors (Lipinski definition) is 12. The Morgan fingerprint density at radius 2 is 0.436 bits per heavy atom. The van der Waals surface area contributed by atoms with Crippen LogP contribution in [0.2, 0.25) is 0 Å². The lowest BCUT2D eigenvalue weighted by Crippen LogP contribution is -2.44. The Labute approximate surface area is 613 Å². The van der Waals surface area contributed by atoms with E-state index in [0.717, 1.165) is 92.4 Å². The SMILES string of the molecule is CC(CCc1cc(O)c(C(C)(C)C)cc1CCC(=O)OCC(COC(=O)CCc1cc(C(C)(C)C)c(O)cc1CCC(C)C(C)(C)C)(COC(=O)CCc1cc(C(C)(C)C)c(O)cc1CCC(C)C(C)(C)C)COC(=O)CCc1cc(C(C)(C)C)c(O)cc1CCC(C)C(C)(C)C)C(C)(C)C. The first-order valence-corrected chi connectivity index (χ1v) is 38.1. The van der Waals surface area contributed by atoms with Gasteiger partial charge in [-0.15, -0.1) is 0 Å². The highest BCUT2D eigenvalue weighted by molar-refractivity contribution is 5.72. The van der Waals surface area contributed by atoms with E-state index >= 15 is 0 Å². The molecule has 0 heterocycles. The highest BCUT2D eigenvalue weighted by Gasteiger charge is 2.39. The molecule has 12 nitrogen and oxygen atoms in total. The number of hydrogen-bond donors (Lipinski definition) is 4. The van der Waals surface area contributed by atoms with Crippen molar-refractivity contribution < 1.29 is 58.6 Å². The molecule has 4 aromatic rings. The Kier molecular flexibility index (Phi) is 30.4. The van der Waals surface area contributed by atoms with Gasteiger partial charge < -0.3 is 39.4 Å². The van der Waals surface area contributed by atoms with Crippen molar-refractivity contribution in [3.05, 3.63) is 115 Å². The lowest BCUT2D eigenvalue weighted by molar-refractivity contribution is -0.170. The van der Waals surface area contributed by atoms with E-state index in [2.05, 4.69) is 111 Å². The summed E-state index contributed by atoms with van der Waals surface area (Å²) in [4.78, 5) is 58.3. The van der Waals surface area contributed by atoms with Crippen molar-refractivity contribution in [1.29, 1.82) is 0 Å². The zero-order valence-electron chi connectivity index (χ0n) is 68.6. The maximum atomic E-state index is 14.6. The fourth-order valence-electron chi connectivity index (χ4n) is 12.6. The maximum Gasteiger partial charge on any atom is 0.306 e. The molecule has 0 amide bonds. The van der Waals surface area contributed by atoms with E-state index < -0.39 is 77.4 Å². The van der Waals surface area contributed by atoms with Crippen molar-refractivity contribution in [3.8, 4) is 23.0 Å². The van der Waals surface area contributed by atoms with Crippen molar-refractivity contribution >= 4 is 23.9 Å². The molecule has 12 heteroatoms. The van der Waals surface area contributed by atoms with Gasteiger partial charge in [-0.3, -0.25) is 19.2 Å². The Morgan fingerprint density at radius 3 is 0.584 bits per heavy atom. The number of carbonyl (C=O) groups is 4. The number of esters is 4. The Hall–Kier alpha value is -6.04. The van der Waals surface area contributed by atoms with Crippen molar-refractivity contribution in [3.63, 3.8) is 0 Å². The highest BCUT2D eigenvalue weighted by atomic mass is 16.6. The molecule has 0 fully saturated rings. The van der Waals surface area contributed by atoms with Crippen LogP contribution < -0.4 is 0 Å².